The van der Waals surface area contributed by atoms with Gasteiger partial charge in [-0.25, -0.2) is 4.68 Å². The molecule has 5 nitrogen and oxygen atoms in total. The number of hydrogen-bond acceptors (Lipinski definition) is 4. The first-order valence-corrected chi connectivity index (χ1v) is 5.98. The van der Waals surface area contributed by atoms with Gasteiger partial charge in [-0.1, -0.05) is 18.2 Å². The number of aryl methyl sites for hydroxylation is 1. The summed E-state index contributed by atoms with van der Waals surface area (Å²) in [4.78, 5) is 8.39. The van der Waals surface area contributed by atoms with Crippen molar-refractivity contribution in [3.05, 3.63) is 60.7 Å². The van der Waals surface area contributed by atoms with E-state index in [4.69, 9.17) is 0 Å². The number of hydrogen-bond donors (Lipinski definition) is 1. The molecule has 0 spiro atoms. The van der Waals surface area contributed by atoms with Gasteiger partial charge in [-0.2, -0.15) is 4.98 Å². The quantitative estimate of drug-likeness (QED) is 0.777. The predicted octanol–water partition coefficient (Wildman–Crippen LogP) is 2.71. The van der Waals surface area contributed by atoms with Crippen molar-refractivity contribution in [3.8, 4) is 5.69 Å². The van der Waals surface area contributed by atoms with Crippen LogP contribution in [0.25, 0.3) is 5.69 Å². The third kappa shape index (κ3) is 2.60. The molecule has 1 N–H and O–H groups in total. The molecule has 94 valence electrons. The first kappa shape index (κ1) is 11.4. The SMILES string of the molecule is Cc1cc(Nc2ncn(-c3ccccc3)n2)ccn1. The summed E-state index contributed by atoms with van der Waals surface area (Å²) in [6.07, 6.45) is 3.44. The zero-order chi connectivity index (χ0) is 13.1. The number of nitrogens with zero attached hydrogens (tertiary/aromatic N) is 4. The van der Waals surface area contributed by atoms with E-state index in [1.165, 1.54) is 0 Å². The number of para-hydroxylation sites is 1. The molecule has 19 heavy (non-hydrogen) atoms. The van der Waals surface area contributed by atoms with Crippen LogP contribution in [-0.2, 0) is 0 Å². The second kappa shape index (κ2) is 4.89. The molecule has 0 saturated heterocycles. The van der Waals surface area contributed by atoms with Crippen molar-refractivity contribution in [2.75, 3.05) is 5.32 Å². The van der Waals surface area contributed by atoms with Crippen molar-refractivity contribution in [2.24, 2.45) is 0 Å². The van der Waals surface area contributed by atoms with Gasteiger partial charge in [0.1, 0.15) is 6.33 Å². The lowest BCUT2D eigenvalue weighted by Crippen LogP contribution is -1.97. The largest absolute Gasteiger partial charge is 0.323 e. The van der Waals surface area contributed by atoms with Crippen LogP contribution in [0, 0.1) is 6.92 Å². The van der Waals surface area contributed by atoms with Crippen molar-refractivity contribution in [3.63, 3.8) is 0 Å². The van der Waals surface area contributed by atoms with Gasteiger partial charge >= 0.3 is 0 Å². The van der Waals surface area contributed by atoms with E-state index in [1.807, 2.05) is 49.4 Å². The van der Waals surface area contributed by atoms with Crippen molar-refractivity contribution in [1.82, 2.24) is 19.7 Å². The van der Waals surface area contributed by atoms with E-state index in [9.17, 15) is 0 Å². The lowest BCUT2D eigenvalue weighted by atomic mass is 10.3. The zero-order valence-electron chi connectivity index (χ0n) is 10.5. The Kier molecular flexibility index (Phi) is 2.94. The van der Waals surface area contributed by atoms with Crippen LogP contribution < -0.4 is 5.32 Å². The Labute approximate surface area is 111 Å². The Hall–Kier alpha value is -2.69. The van der Waals surface area contributed by atoms with Gasteiger partial charge in [-0.15, -0.1) is 5.10 Å². The highest BCUT2D eigenvalue weighted by Crippen LogP contribution is 2.13. The second-order valence-electron chi connectivity index (χ2n) is 4.16. The topological polar surface area (TPSA) is 55.6 Å². The van der Waals surface area contributed by atoms with E-state index >= 15 is 0 Å². The smallest absolute Gasteiger partial charge is 0.246 e. The summed E-state index contributed by atoms with van der Waals surface area (Å²) in [7, 11) is 0. The third-order valence-electron chi connectivity index (χ3n) is 2.67. The number of pyridine rings is 1. The van der Waals surface area contributed by atoms with Crippen LogP contribution in [0.1, 0.15) is 5.69 Å². The zero-order valence-corrected chi connectivity index (χ0v) is 10.5. The molecule has 0 aliphatic rings. The van der Waals surface area contributed by atoms with Crippen LogP contribution in [0.4, 0.5) is 11.6 Å². The average molecular weight is 251 g/mol. The van der Waals surface area contributed by atoms with Gasteiger partial charge in [0.2, 0.25) is 5.95 Å². The molecule has 0 aliphatic carbocycles. The maximum absolute atomic E-state index is 4.38. The molecule has 0 saturated carbocycles. The molecule has 3 rings (SSSR count). The van der Waals surface area contributed by atoms with Crippen LogP contribution >= 0.6 is 0 Å². The van der Waals surface area contributed by atoms with Crippen LogP contribution in [0.2, 0.25) is 0 Å². The molecule has 3 aromatic rings. The fourth-order valence-electron chi connectivity index (χ4n) is 1.78. The van der Waals surface area contributed by atoms with E-state index in [2.05, 4.69) is 20.4 Å². The Morgan fingerprint density at radius 1 is 1.05 bits per heavy atom. The van der Waals surface area contributed by atoms with E-state index < -0.39 is 0 Å². The van der Waals surface area contributed by atoms with Crippen molar-refractivity contribution < 1.29 is 0 Å². The number of benzene rings is 1. The Balaban J connectivity index is 1.82. The van der Waals surface area contributed by atoms with Gasteiger partial charge in [-0.05, 0) is 31.2 Å². The van der Waals surface area contributed by atoms with Crippen molar-refractivity contribution >= 4 is 11.6 Å². The van der Waals surface area contributed by atoms with Gasteiger partial charge in [0.25, 0.3) is 0 Å². The average Bonchev–Trinajstić information content (AvgIpc) is 2.88. The number of rotatable bonds is 3. The Bertz CT molecular complexity index is 675. The van der Waals surface area contributed by atoms with E-state index in [-0.39, 0.29) is 0 Å². The minimum absolute atomic E-state index is 0.564. The minimum Gasteiger partial charge on any atom is -0.323 e. The summed E-state index contributed by atoms with van der Waals surface area (Å²) in [5.41, 5.74) is 2.86. The summed E-state index contributed by atoms with van der Waals surface area (Å²) >= 11 is 0. The molecule has 5 heteroatoms. The predicted molar refractivity (Wildman–Crippen MR) is 73.6 cm³/mol. The highest BCUT2D eigenvalue weighted by atomic mass is 15.4. The molecule has 0 fully saturated rings. The second-order valence-corrected chi connectivity index (χ2v) is 4.16. The summed E-state index contributed by atoms with van der Waals surface area (Å²) in [6.45, 7) is 1.95. The maximum Gasteiger partial charge on any atom is 0.246 e. The van der Waals surface area contributed by atoms with E-state index in [0.717, 1.165) is 17.1 Å². The first-order chi connectivity index (χ1) is 9.31. The lowest BCUT2D eigenvalue weighted by molar-refractivity contribution is 0.882. The van der Waals surface area contributed by atoms with Gasteiger partial charge in [0.05, 0.1) is 5.69 Å². The van der Waals surface area contributed by atoms with Crippen LogP contribution in [0.3, 0.4) is 0 Å². The van der Waals surface area contributed by atoms with Gasteiger partial charge < -0.3 is 5.32 Å². The Morgan fingerprint density at radius 3 is 2.68 bits per heavy atom. The first-order valence-electron chi connectivity index (χ1n) is 5.98. The molecule has 2 aromatic heterocycles. The maximum atomic E-state index is 4.38. The van der Waals surface area contributed by atoms with Crippen molar-refractivity contribution in [2.45, 2.75) is 6.92 Å². The van der Waals surface area contributed by atoms with E-state index in [0.29, 0.717) is 5.95 Å². The number of aromatic nitrogens is 4. The molecular weight excluding hydrogens is 238 g/mol. The van der Waals surface area contributed by atoms with E-state index in [1.54, 1.807) is 17.2 Å². The molecule has 0 amide bonds. The molecule has 0 unspecified atom stereocenters. The lowest BCUT2D eigenvalue weighted by Gasteiger charge is -2.02. The van der Waals surface area contributed by atoms with Crippen LogP contribution in [0.15, 0.2) is 55.0 Å². The highest BCUT2D eigenvalue weighted by Gasteiger charge is 2.02. The fourth-order valence-corrected chi connectivity index (χ4v) is 1.78. The summed E-state index contributed by atoms with van der Waals surface area (Å²) in [5.74, 6) is 0.564. The van der Waals surface area contributed by atoms with Crippen molar-refractivity contribution in [1.29, 1.82) is 0 Å². The minimum atomic E-state index is 0.564. The summed E-state index contributed by atoms with van der Waals surface area (Å²) in [6, 6.07) is 13.7. The van der Waals surface area contributed by atoms with Gasteiger partial charge in [0.15, 0.2) is 0 Å². The fraction of sp³-hybridized carbons (Fsp3) is 0.0714. The molecule has 0 radical (unpaired) electrons. The van der Waals surface area contributed by atoms with Gasteiger partial charge in [-0.3, -0.25) is 4.98 Å². The summed E-state index contributed by atoms with van der Waals surface area (Å²) in [5, 5.41) is 7.53. The third-order valence-corrected chi connectivity index (χ3v) is 2.67. The number of nitrogens with one attached hydrogen (secondary N) is 1. The Morgan fingerprint density at radius 2 is 1.89 bits per heavy atom. The number of anilines is 2. The van der Waals surface area contributed by atoms with Crippen LogP contribution in [0.5, 0.6) is 0 Å². The molecule has 0 aliphatic heterocycles. The highest BCUT2D eigenvalue weighted by molar-refractivity contribution is 5.52. The molecule has 0 atom stereocenters. The van der Waals surface area contributed by atoms with Crippen LogP contribution in [-0.4, -0.2) is 19.7 Å². The van der Waals surface area contributed by atoms with Gasteiger partial charge in [0, 0.05) is 17.6 Å². The molecule has 0 bridgehead atoms. The monoisotopic (exact) mass is 251 g/mol. The molecule has 2 heterocycles. The normalized spacial score (nSPS) is 10.4. The molecular formula is C14H13N5. The molecule has 1 aromatic carbocycles. The standard InChI is InChI=1S/C14H13N5/c1-11-9-12(7-8-15-11)17-14-16-10-19(18-14)13-5-3-2-4-6-13/h2-10H,1H3,(H,15,17,18). The summed E-state index contributed by atoms with van der Waals surface area (Å²) < 4.78 is 1.73.